The fourth-order valence-electron chi connectivity index (χ4n) is 2.92. The number of rotatable bonds is 8. The van der Waals surface area contributed by atoms with Crippen molar-refractivity contribution < 1.29 is 4.74 Å². The largest absolute Gasteiger partial charge is 0.489 e. The minimum absolute atomic E-state index is 0.350. The molecule has 1 aliphatic rings. The lowest BCUT2D eigenvalue weighted by molar-refractivity contribution is 0.175. The predicted molar refractivity (Wildman–Crippen MR) is 85.4 cm³/mol. The van der Waals surface area contributed by atoms with Gasteiger partial charge < -0.3 is 10.1 Å². The Morgan fingerprint density at radius 3 is 2.60 bits per heavy atom. The molecule has 0 radical (unpaired) electrons. The highest BCUT2D eigenvalue weighted by atomic mass is 16.5. The van der Waals surface area contributed by atoms with Gasteiger partial charge in [-0.25, -0.2) is 0 Å². The summed E-state index contributed by atoms with van der Waals surface area (Å²) in [6.45, 7) is 5.55. The monoisotopic (exact) mass is 275 g/mol. The summed E-state index contributed by atoms with van der Waals surface area (Å²) < 4.78 is 6.18. The van der Waals surface area contributed by atoms with Crippen LogP contribution in [-0.4, -0.2) is 18.7 Å². The zero-order valence-electron chi connectivity index (χ0n) is 13.0. The van der Waals surface area contributed by atoms with Gasteiger partial charge in [-0.1, -0.05) is 32.4 Å². The molecule has 1 N–H and O–H groups in total. The summed E-state index contributed by atoms with van der Waals surface area (Å²) >= 11 is 0. The van der Waals surface area contributed by atoms with Crippen LogP contribution in [0.1, 0.15) is 57.9 Å². The highest BCUT2D eigenvalue weighted by molar-refractivity contribution is 5.27. The molecule has 0 spiro atoms. The molecule has 2 rings (SSSR count). The van der Waals surface area contributed by atoms with Gasteiger partial charge in [0, 0.05) is 6.04 Å². The number of hydrogen-bond acceptors (Lipinski definition) is 2. The van der Waals surface area contributed by atoms with Crippen LogP contribution in [0.3, 0.4) is 0 Å². The van der Waals surface area contributed by atoms with Crippen molar-refractivity contribution in [3.05, 3.63) is 29.8 Å². The Bertz CT molecular complexity index is 374. The summed E-state index contributed by atoms with van der Waals surface area (Å²) in [4.78, 5) is 0. The van der Waals surface area contributed by atoms with E-state index in [-0.39, 0.29) is 0 Å². The van der Waals surface area contributed by atoms with Crippen molar-refractivity contribution in [1.29, 1.82) is 0 Å². The van der Waals surface area contributed by atoms with Crippen molar-refractivity contribution >= 4 is 0 Å². The van der Waals surface area contributed by atoms with E-state index < -0.39 is 0 Å². The van der Waals surface area contributed by atoms with Crippen LogP contribution in [0.25, 0.3) is 0 Å². The molecule has 2 heteroatoms. The minimum atomic E-state index is 0.350. The quantitative estimate of drug-likeness (QED) is 0.762. The second-order valence-electron chi connectivity index (χ2n) is 5.90. The Morgan fingerprint density at radius 1 is 1.10 bits per heavy atom. The first kappa shape index (κ1) is 15.4. The van der Waals surface area contributed by atoms with Gasteiger partial charge in [0.1, 0.15) is 11.9 Å². The highest BCUT2D eigenvalue weighted by Crippen LogP contribution is 2.25. The van der Waals surface area contributed by atoms with Crippen molar-refractivity contribution in [1.82, 2.24) is 5.32 Å². The van der Waals surface area contributed by atoms with Crippen LogP contribution in [0.5, 0.6) is 5.75 Å². The topological polar surface area (TPSA) is 21.3 Å². The molecule has 112 valence electrons. The minimum Gasteiger partial charge on any atom is -0.489 e. The van der Waals surface area contributed by atoms with E-state index in [1.165, 1.54) is 50.5 Å². The van der Waals surface area contributed by atoms with Crippen molar-refractivity contribution in [2.45, 2.75) is 70.9 Å². The highest BCUT2D eigenvalue weighted by Gasteiger charge is 2.28. The summed E-state index contributed by atoms with van der Waals surface area (Å²) in [5.41, 5.74) is 1.42. The maximum atomic E-state index is 6.18. The Balaban J connectivity index is 1.85. The van der Waals surface area contributed by atoms with E-state index in [0.29, 0.717) is 12.1 Å². The number of hydrogen-bond donors (Lipinski definition) is 1. The average Bonchev–Trinajstić information content (AvgIpc) is 2.91. The first-order valence-corrected chi connectivity index (χ1v) is 8.32. The van der Waals surface area contributed by atoms with E-state index in [2.05, 4.69) is 43.4 Å². The molecule has 0 amide bonds. The third-order valence-corrected chi connectivity index (χ3v) is 4.14. The molecule has 1 aromatic carbocycles. The fourth-order valence-corrected chi connectivity index (χ4v) is 2.92. The lowest BCUT2D eigenvalue weighted by atomic mass is 10.1. The molecular formula is C18H29NO. The average molecular weight is 275 g/mol. The molecule has 1 saturated carbocycles. The van der Waals surface area contributed by atoms with Crippen molar-refractivity contribution in [3.8, 4) is 5.75 Å². The van der Waals surface area contributed by atoms with E-state index in [9.17, 15) is 0 Å². The second kappa shape index (κ2) is 8.31. The molecule has 0 bridgehead atoms. The third kappa shape index (κ3) is 4.52. The van der Waals surface area contributed by atoms with Crippen LogP contribution in [0.4, 0.5) is 0 Å². The van der Waals surface area contributed by atoms with Gasteiger partial charge >= 0.3 is 0 Å². The van der Waals surface area contributed by atoms with Crippen LogP contribution in [-0.2, 0) is 6.42 Å². The molecule has 0 aromatic heterocycles. The Morgan fingerprint density at radius 2 is 1.90 bits per heavy atom. The smallest absolute Gasteiger partial charge is 0.119 e. The SMILES string of the molecule is CCCCc1ccc(OC2CCCC2NCCC)cc1. The molecule has 2 unspecified atom stereocenters. The third-order valence-electron chi connectivity index (χ3n) is 4.14. The summed E-state index contributed by atoms with van der Waals surface area (Å²) in [5, 5.41) is 3.62. The Labute approximate surface area is 123 Å². The Hall–Kier alpha value is -1.02. The van der Waals surface area contributed by atoms with Crippen molar-refractivity contribution in [3.63, 3.8) is 0 Å². The molecule has 1 fully saturated rings. The fraction of sp³-hybridized carbons (Fsp3) is 0.667. The zero-order valence-corrected chi connectivity index (χ0v) is 13.0. The van der Waals surface area contributed by atoms with Gasteiger partial charge in [0.25, 0.3) is 0 Å². The van der Waals surface area contributed by atoms with Crippen LogP contribution >= 0.6 is 0 Å². The number of aryl methyl sites for hydroxylation is 1. The summed E-state index contributed by atoms with van der Waals surface area (Å²) in [6, 6.07) is 9.25. The molecule has 2 nitrogen and oxygen atoms in total. The molecular weight excluding hydrogens is 246 g/mol. The van der Waals surface area contributed by atoms with Gasteiger partial charge in [0.05, 0.1) is 0 Å². The molecule has 20 heavy (non-hydrogen) atoms. The number of ether oxygens (including phenoxy) is 1. The maximum absolute atomic E-state index is 6.18. The van der Waals surface area contributed by atoms with Gasteiger partial charge in [0.2, 0.25) is 0 Å². The van der Waals surface area contributed by atoms with E-state index in [0.717, 1.165) is 12.3 Å². The van der Waals surface area contributed by atoms with Crippen molar-refractivity contribution in [2.75, 3.05) is 6.54 Å². The van der Waals surface area contributed by atoms with Gasteiger partial charge in [0.15, 0.2) is 0 Å². The van der Waals surface area contributed by atoms with E-state index >= 15 is 0 Å². The lowest BCUT2D eigenvalue weighted by Gasteiger charge is -2.22. The Kier molecular flexibility index (Phi) is 6.38. The molecule has 0 saturated heterocycles. The summed E-state index contributed by atoms with van der Waals surface area (Å²) in [7, 11) is 0. The van der Waals surface area contributed by atoms with Gasteiger partial charge in [-0.05, 0) is 62.8 Å². The van der Waals surface area contributed by atoms with Crippen LogP contribution < -0.4 is 10.1 Å². The van der Waals surface area contributed by atoms with Crippen LogP contribution in [0, 0.1) is 0 Å². The predicted octanol–water partition coefficient (Wildman–Crippen LogP) is 4.33. The number of nitrogens with one attached hydrogen (secondary N) is 1. The van der Waals surface area contributed by atoms with E-state index in [4.69, 9.17) is 4.74 Å². The molecule has 0 aliphatic heterocycles. The molecule has 0 heterocycles. The zero-order chi connectivity index (χ0) is 14.2. The van der Waals surface area contributed by atoms with Gasteiger partial charge in [-0.2, -0.15) is 0 Å². The molecule has 1 aromatic rings. The van der Waals surface area contributed by atoms with E-state index in [1.807, 2.05) is 0 Å². The molecule has 2 atom stereocenters. The van der Waals surface area contributed by atoms with Gasteiger partial charge in [-0.15, -0.1) is 0 Å². The van der Waals surface area contributed by atoms with Crippen LogP contribution in [0.2, 0.25) is 0 Å². The normalized spacial score (nSPS) is 22.1. The second-order valence-corrected chi connectivity index (χ2v) is 5.90. The first-order chi connectivity index (χ1) is 9.83. The number of unbranched alkanes of at least 4 members (excludes halogenated alkanes) is 1. The lowest BCUT2D eigenvalue weighted by Crippen LogP contribution is -2.39. The number of benzene rings is 1. The maximum Gasteiger partial charge on any atom is 0.119 e. The summed E-state index contributed by atoms with van der Waals surface area (Å²) in [5.74, 6) is 1.03. The standard InChI is InChI=1S/C18H29NO/c1-3-5-7-15-10-12-16(13-11-15)20-18-9-6-8-17(18)19-14-4-2/h10-13,17-19H,3-9,14H2,1-2H3. The molecule has 1 aliphatic carbocycles. The van der Waals surface area contributed by atoms with Crippen LogP contribution in [0.15, 0.2) is 24.3 Å². The van der Waals surface area contributed by atoms with Crippen molar-refractivity contribution in [2.24, 2.45) is 0 Å². The van der Waals surface area contributed by atoms with E-state index in [1.54, 1.807) is 0 Å². The first-order valence-electron chi connectivity index (χ1n) is 8.32. The van der Waals surface area contributed by atoms with Gasteiger partial charge in [-0.3, -0.25) is 0 Å². The summed E-state index contributed by atoms with van der Waals surface area (Å²) in [6.07, 6.45) is 8.95.